The number of carbonyl (C=O) groups excluding carboxylic acids is 1. The summed E-state index contributed by atoms with van der Waals surface area (Å²) >= 11 is 8.65. The molecule has 2 N–H and O–H groups in total. The Hall–Kier alpha value is -5.00. The highest BCUT2D eigenvalue weighted by molar-refractivity contribution is 9.09. The molecule has 10 heterocycles. The van der Waals surface area contributed by atoms with E-state index in [2.05, 4.69) is 210 Å². The predicted octanol–water partition coefficient (Wildman–Crippen LogP) is 10.9. The van der Waals surface area contributed by atoms with Crippen LogP contribution in [0, 0.1) is 0 Å². The van der Waals surface area contributed by atoms with Gasteiger partial charge in [-0.1, -0.05) is 147 Å². The van der Waals surface area contributed by atoms with E-state index in [1.807, 2.05) is 46.3 Å². The molecule has 6 aliphatic rings. The zero-order valence-corrected chi connectivity index (χ0v) is 66.3. The number of ether oxygens (including phenoxy) is 4. The maximum atomic E-state index is 17.6. The Morgan fingerprint density at radius 2 is 0.854 bits per heavy atom. The highest BCUT2D eigenvalue weighted by Gasteiger charge is 2.62. The topological polar surface area (TPSA) is 193 Å². The van der Waals surface area contributed by atoms with Gasteiger partial charge in [0, 0.05) is 147 Å². The molecule has 12 rings (SSSR count). The average molecular weight is 1510 g/mol. The third-order valence-corrected chi connectivity index (χ3v) is 27.9. The lowest BCUT2D eigenvalue weighted by molar-refractivity contribution is -0.139. The number of benzene rings is 2. The Labute approximate surface area is 588 Å². The highest BCUT2D eigenvalue weighted by atomic mass is 79.9. The second kappa shape index (κ2) is 28.6. The van der Waals surface area contributed by atoms with Crippen LogP contribution in [0.5, 0.6) is 0 Å². The van der Waals surface area contributed by atoms with Gasteiger partial charge >= 0.3 is 0 Å². The number of aliphatic imine (C=N–C) groups is 2. The van der Waals surface area contributed by atoms with Crippen LogP contribution in [-0.2, 0) is 63.8 Å². The number of nitrogens with one attached hydrogen (secondary N) is 2. The predicted molar refractivity (Wildman–Crippen MR) is 401 cm³/mol. The molecule has 0 amide bonds. The van der Waals surface area contributed by atoms with E-state index in [1.165, 1.54) is 0 Å². The van der Waals surface area contributed by atoms with Crippen molar-refractivity contribution in [3.8, 4) is 23.0 Å². The zero-order valence-electron chi connectivity index (χ0n) is 59.1. The van der Waals surface area contributed by atoms with Crippen molar-refractivity contribution in [2.45, 2.75) is 164 Å². The maximum absolute atomic E-state index is 17.6. The summed E-state index contributed by atoms with van der Waals surface area (Å²) in [5.74, 6) is 2.66. The number of ketones is 1. The number of carbonyl (C=O) groups is 1. The van der Waals surface area contributed by atoms with Crippen molar-refractivity contribution in [3.63, 3.8) is 0 Å². The molecule has 0 radical (unpaired) electrons. The Morgan fingerprint density at radius 1 is 0.510 bits per heavy atom. The second-order valence-electron chi connectivity index (χ2n) is 31.7. The summed E-state index contributed by atoms with van der Waals surface area (Å²) in [6.45, 7) is 39.2. The fourth-order valence-corrected chi connectivity index (χ4v) is 18.0. The molecule has 0 spiro atoms. The molecule has 4 aromatic heterocycles. The molecule has 96 heavy (non-hydrogen) atoms. The molecule has 0 saturated carbocycles. The van der Waals surface area contributed by atoms with Crippen molar-refractivity contribution in [2.75, 3.05) is 92.9 Å². The van der Waals surface area contributed by atoms with Gasteiger partial charge in [-0.25, -0.2) is 39.1 Å². The number of hydrogen-bond donors (Lipinski definition) is 2. The van der Waals surface area contributed by atoms with Crippen LogP contribution in [0.25, 0.3) is 44.8 Å². The molecule has 6 aromatic rings. The fraction of sp³-hybridized carbons (Fsp3) is 0.597. The molecule has 4 unspecified atom stereocenters. The van der Waals surface area contributed by atoms with Crippen LogP contribution >= 0.6 is 31.9 Å². The van der Waals surface area contributed by atoms with Gasteiger partial charge in [0.2, 0.25) is 5.78 Å². The Kier molecular flexibility index (Phi) is 21.1. The lowest BCUT2D eigenvalue weighted by atomic mass is 9.89. The number of para-hydroxylation sites is 2. The number of aromatic nitrogens is 8. The first-order valence-electron chi connectivity index (χ1n) is 34.3. The molecule has 520 valence electrons. The monoisotopic (exact) mass is 1510 g/mol. The SMILES string of the molecule is CN1CCN(C2=CNC(C(=O)C3(N4Cc5nc(-c6nn(COCC[Si](C)(C)C)c7ccccc67)n(COCC[Si](C)(C)C)c5C4Br)C=NC(N4CCN(C)CC4)=CN3)(N3Cc4nc(-c5nn(COCC[Si](C)(C)C)c6ccccc56)n(COCC[Si](C)(C)C)c4C3Br)C=N2)CC1. The molecular formula is C67H102Br2N18O5Si4. The minimum absolute atomic E-state index is 0.222. The lowest BCUT2D eigenvalue weighted by Crippen LogP contribution is -2.76. The van der Waals surface area contributed by atoms with Crippen LogP contribution in [0.4, 0.5) is 0 Å². The summed E-state index contributed by atoms with van der Waals surface area (Å²) in [6.07, 6.45) is 7.54. The Bertz CT molecular complexity index is 3650. The van der Waals surface area contributed by atoms with Crippen LogP contribution in [0.1, 0.15) is 32.7 Å². The lowest BCUT2D eigenvalue weighted by Gasteiger charge is -2.50. The summed E-state index contributed by atoms with van der Waals surface area (Å²) in [5.41, 5.74) is 3.46. The summed E-state index contributed by atoms with van der Waals surface area (Å²) in [5, 5.41) is 20.2. The van der Waals surface area contributed by atoms with E-state index < -0.39 is 53.5 Å². The summed E-state index contributed by atoms with van der Waals surface area (Å²) in [6, 6.07) is 20.7. The quantitative estimate of drug-likeness (QED) is 0.0204. The summed E-state index contributed by atoms with van der Waals surface area (Å²) in [4.78, 5) is 51.8. The van der Waals surface area contributed by atoms with Gasteiger partial charge in [0.25, 0.3) is 0 Å². The Balaban J connectivity index is 0.955. The van der Waals surface area contributed by atoms with Crippen molar-refractivity contribution in [2.24, 2.45) is 9.98 Å². The third-order valence-electron chi connectivity index (χ3n) is 19.3. The van der Waals surface area contributed by atoms with E-state index >= 15 is 4.79 Å². The van der Waals surface area contributed by atoms with Crippen molar-refractivity contribution in [1.29, 1.82) is 0 Å². The largest absolute Gasteiger partial charge is 0.361 e. The second-order valence-corrected chi connectivity index (χ2v) is 55.9. The van der Waals surface area contributed by atoms with E-state index in [0.717, 1.165) is 144 Å². The van der Waals surface area contributed by atoms with Crippen LogP contribution in [0.2, 0.25) is 103 Å². The summed E-state index contributed by atoms with van der Waals surface area (Å²) in [7, 11) is -1.31. The molecule has 2 saturated heterocycles. The van der Waals surface area contributed by atoms with Gasteiger partial charge in [-0.05, 0) is 50.4 Å². The van der Waals surface area contributed by atoms with Crippen LogP contribution in [-0.4, -0.2) is 223 Å². The number of likely N-dealkylation sites (N-methyl/N-ethyl adjacent to an activating group) is 2. The number of alkyl halides is 2. The van der Waals surface area contributed by atoms with Crippen LogP contribution in [0.3, 0.4) is 0 Å². The molecule has 2 fully saturated rings. The van der Waals surface area contributed by atoms with Gasteiger partial charge in [0.1, 0.15) is 59.9 Å². The van der Waals surface area contributed by atoms with Crippen molar-refractivity contribution in [3.05, 3.63) is 95.3 Å². The molecule has 23 nitrogen and oxygen atoms in total. The first kappa shape index (κ1) is 70.8. The smallest absolute Gasteiger partial charge is 0.224 e. The number of Topliss-reactive ketones (excluding diaryl/α,β-unsaturated/α-hetero) is 1. The molecule has 4 atom stereocenters. The standard InChI is InChI=1S/C67H102Br2N18O5Si4/c1-78-23-27-80(28-24-78)55-39-72-66(43-70-55,84-41-51-59(61(84)68)82(45-89-31-35-93(3,4)5)63(74-51)57-49-19-15-17-21-53(49)86(76-57)47-91-33-37-95(9,10)11)65(88)67(44-71-56(40-73-67)81-29-25-79(2)26-30-81)85-42-52-60(62(85)69)83(46-90-32-36-94(6,7)8)64(75-52)58-50-20-16-18-22-54(50)87(77-58)48-92-34-38-96(12,13)14/h15-22,39-40,43-44,61-62,72-73H,23-38,41-42,45-48H2,1-14H3. The zero-order chi connectivity index (χ0) is 68.1. The van der Waals surface area contributed by atoms with Gasteiger partial charge in [-0.3, -0.25) is 13.9 Å². The van der Waals surface area contributed by atoms with E-state index in [0.29, 0.717) is 51.5 Å². The molecule has 6 aliphatic heterocycles. The van der Waals surface area contributed by atoms with E-state index in [1.54, 1.807) is 0 Å². The first-order chi connectivity index (χ1) is 45.6. The number of fused-ring (bicyclic) bond motifs is 4. The third kappa shape index (κ3) is 15.2. The normalized spacial score (nSPS) is 22.5. The minimum atomic E-state index is -1.63. The number of nitrogens with zero attached hydrogens (tertiary/aromatic N) is 16. The molecule has 29 heteroatoms. The highest BCUT2D eigenvalue weighted by Crippen LogP contribution is 2.50. The fourth-order valence-electron chi connectivity index (χ4n) is 13.1. The molecule has 0 bridgehead atoms. The van der Waals surface area contributed by atoms with E-state index in [-0.39, 0.29) is 32.3 Å². The Morgan fingerprint density at radius 3 is 1.19 bits per heavy atom. The summed E-state index contributed by atoms with van der Waals surface area (Å²) < 4.78 is 34.5. The molecule has 2 aromatic carbocycles. The molecular weight excluding hydrogens is 1410 g/mol. The van der Waals surface area contributed by atoms with E-state index in [9.17, 15) is 0 Å². The van der Waals surface area contributed by atoms with Gasteiger partial charge in [0.05, 0.1) is 46.2 Å². The van der Waals surface area contributed by atoms with Crippen LogP contribution in [0.15, 0.2) is 82.6 Å². The van der Waals surface area contributed by atoms with Gasteiger partial charge in [-0.15, -0.1) is 0 Å². The minimum Gasteiger partial charge on any atom is -0.361 e. The number of imidazole rings is 2. The number of halogens is 2. The van der Waals surface area contributed by atoms with Crippen molar-refractivity contribution in [1.82, 2.24) is 78.7 Å². The molecule has 0 aliphatic carbocycles. The number of piperazine rings is 2. The van der Waals surface area contributed by atoms with E-state index in [4.69, 9.17) is 49.1 Å². The maximum Gasteiger partial charge on any atom is 0.224 e. The van der Waals surface area contributed by atoms with Gasteiger partial charge < -0.3 is 49.2 Å². The van der Waals surface area contributed by atoms with Gasteiger partial charge in [-0.2, -0.15) is 10.2 Å². The average Bonchev–Trinajstić information content (AvgIpc) is 1.56. The van der Waals surface area contributed by atoms with Gasteiger partial charge in [0.15, 0.2) is 23.0 Å². The number of rotatable bonds is 28. The van der Waals surface area contributed by atoms with Crippen LogP contribution < -0.4 is 10.6 Å². The first-order valence-corrected chi connectivity index (χ1v) is 51.0. The van der Waals surface area contributed by atoms with Crippen molar-refractivity contribution < 1.29 is 23.7 Å². The number of hydrogen-bond acceptors (Lipinski definition) is 19. The van der Waals surface area contributed by atoms with Crippen molar-refractivity contribution >= 4 is 104 Å².